The van der Waals surface area contributed by atoms with Crippen molar-refractivity contribution >= 4 is 34.7 Å². The van der Waals surface area contributed by atoms with Gasteiger partial charge in [0, 0.05) is 25.0 Å². The number of hydrogen-bond donors (Lipinski definition) is 3. The van der Waals surface area contributed by atoms with Gasteiger partial charge < -0.3 is 16.0 Å². The number of halogens is 1. The maximum atomic E-state index is 14.9. The summed E-state index contributed by atoms with van der Waals surface area (Å²) in [6, 6.07) is 12.4. The van der Waals surface area contributed by atoms with Crippen molar-refractivity contribution < 1.29 is 14.0 Å². The topological polar surface area (TPSA) is 127 Å². The zero-order valence-corrected chi connectivity index (χ0v) is 24.0. The van der Waals surface area contributed by atoms with Gasteiger partial charge >= 0.3 is 6.03 Å². The van der Waals surface area contributed by atoms with Gasteiger partial charge in [-0.25, -0.2) is 14.2 Å². The first-order chi connectivity index (χ1) is 20.0. The number of aromatic nitrogens is 2. The predicted molar refractivity (Wildman–Crippen MR) is 160 cm³/mol. The van der Waals surface area contributed by atoms with Gasteiger partial charge in [-0.05, 0) is 76.1 Å². The summed E-state index contributed by atoms with van der Waals surface area (Å²) in [6.45, 7) is 7.72. The molecule has 0 saturated heterocycles. The fraction of sp³-hybridized carbons (Fsp3) is 0.258. The van der Waals surface area contributed by atoms with E-state index in [1.54, 1.807) is 55.3 Å². The van der Waals surface area contributed by atoms with Crippen molar-refractivity contribution in [1.29, 1.82) is 5.26 Å². The number of carbonyl (C=O) groups excluding carboxylic acids is 2. The van der Waals surface area contributed by atoms with Crippen LogP contribution in [-0.2, 0) is 10.3 Å². The van der Waals surface area contributed by atoms with Crippen molar-refractivity contribution in [3.8, 4) is 17.3 Å². The minimum Gasteiger partial charge on any atom is -0.373 e. The first kappa shape index (κ1) is 28.3. The molecule has 2 aromatic carbocycles. The lowest BCUT2D eigenvalue weighted by Crippen LogP contribution is -2.41. The van der Waals surface area contributed by atoms with Crippen molar-refractivity contribution in [2.45, 2.75) is 39.7 Å². The van der Waals surface area contributed by atoms with Gasteiger partial charge in [0.2, 0.25) is 5.91 Å². The van der Waals surface area contributed by atoms with Gasteiger partial charge in [0.15, 0.2) is 0 Å². The van der Waals surface area contributed by atoms with Crippen LogP contribution in [0, 0.1) is 23.1 Å². The Hall–Kier alpha value is -5.24. The van der Waals surface area contributed by atoms with E-state index in [2.05, 4.69) is 32.1 Å². The Morgan fingerprint density at radius 1 is 1.12 bits per heavy atom. The number of rotatable bonds is 5. The largest absolute Gasteiger partial charge is 0.373 e. The number of nitriles is 1. The molecule has 2 aliphatic rings. The third kappa shape index (κ3) is 5.51. The first-order valence-electron chi connectivity index (χ1n) is 13.5. The average molecular weight is 567 g/mol. The molecule has 42 heavy (non-hydrogen) atoms. The lowest BCUT2D eigenvalue weighted by molar-refractivity contribution is -0.119. The molecular formula is C31H31FN8O2. The predicted octanol–water partition coefficient (Wildman–Crippen LogP) is 5.73. The van der Waals surface area contributed by atoms with Crippen LogP contribution in [0.2, 0.25) is 0 Å². The summed E-state index contributed by atoms with van der Waals surface area (Å²) in [5.41, 5.74) is 3.65. The molecule has 1 aromatic heterocycles. The molecule has 214 valence electrons. The number of fused-ring (bicyclic) bond motifs is 1. The smallest absolute Gasteiger partial charge is 0.323 e. The Balaban J connectivity index is 1.40. The highest BCUT2D eigenvalue weighted by atomic mass is 19.1. The van der Waals surface area contributed by atoms with Gasteiger partial charge in [0.1, 0.15) is 17.3 Å². The molecule has 11 heteroatoms. The number of anilines is 3. The van der Waals surface area contributed by atoms with E-state index in [1.165, 1.54) is 23.1 Å². The van der Waals surface area contributed by atoms with E-state index in [0.717, 1.165) is 5.57 Å². The van der Waals surface area contributed by atoms with Crippen molar-refractivity contribution in [2.75, 3.05) is 22.6 Å². The van der Waals surface area contributed by atoms with Gasteiger partial charge in [-0.2, -0.15) is 10.4 Å². The number of nitrogens with zero attached hydrogens (tertiary/aromatic N) is 5. The lowest BCUT2D eigenvalue weighted by Gasteiger charge is -2.32. The molecule has 0 saturated carbocycles. The number of allylic oxidation sites excluding steroid dienone is 2. The van der Waals surface area contributed by atoms with Crippen LogP contribution in [0.5, 0.6) is 0 Å². The van der Waals surface area contributed by atoms with Gasteiger partial charge in [-0.15, -0.1) is 0 Å². The molecule has 0 bridgehead atoms. The molecule has 3 N–H and O–H groups in total. The van der Waals surface area contributed by atoms with Gasteiger partial charge in [-0.3, -0.25) is 14.4 Å². The minimum atomic E-state index is -0.683. The van der Waals surface area contributed by atoms with E-state index < -0.39 is 17.8 Å². The maximum Gasteiger partial charge on any atom is 0.323 e. The lowest BCUT2D eigenvalue weighted by atomic mass is 9.90. The third-order valence-electron chi connectivity index (χ3n) is 7.06. The number of urea groups is 1. The van der Waals surface area contributed by atoms with Crippen LogP contribution >= 0.6 is 0 Å². The fourth-order valence-electron chi connectivity index (χ4n) is 4.72. The van der Waals surface area contributed by atoms with Crippen LogP contribution in [0.4, 0.5) is 26.2 Å². The van der Waals surface area contributed by atoms with E-state index >= 15 is 0 Å². The van der Waals surface area contributed by atoms with Crippen molar-refractivity contribution in [3.05, 3.63) is 83.7 Å². The first-order valence-corrected chi connectivity index (χ1v) is 13.5. The van der Waals surface area contributed by atoms with Crippen LogP contribution < -0.4 is 20.9 Å². The number of amides is 3. The van der Waals surface area contributed by atoms with Gasteiger partial charge in [0.05, 0.1) is 45.9 Å². The van der Waals surface area contributed by atoms with Crippen LogP contribution in [0.25, 0.3) is 11.3 Å². The molecule has 10 nitrogen and oxygen atoms in total. The minimum absolute atomic E-state index is 0.0903. The summed E-state index contributed by atoms with van der Waals surface area (Å²) >= 11 is 0. The van der Waals surface area contributed by atoms with E-state index in [0.29, 0.717) is 46.1 Å². The second kappa shape index (κ2) is 11.0. The average Bonchev–Trinajstić information content (AvgIpc) is 3.40. The zero-order valence-electron chi connectivity index (χ0n) is 24.0. The fourth-order valence-corrected chi connectivity index (χ4v) is 4.72. The molecule has 3 amide bonds. The van der Waals surface area contributed by atoms with Gasteiger partial charge in [-0.1, -0.05) is 12.1 Å². The molecule has 1 unspecified atom stereocenters. The van der Waals surface area contributed by atoms with E-state index in [-0.39, 0.29) is 17.1 Å². The summed E-state index contributed by atoms with van der Waals surface area (Å²) < 4.78 is 16.6. The van der Waals surface area contributed by atoms with E-state index in [9.17, 15) is 14.0 Å². The van der Waals surface area contributed by atoms with Crippen molar-refractivity contribution in [3.63, 3.8) is 0 Å². The Bertz CT molecular complexity index is 1700. The highest BCUT2D eigenvalue weighted by Crippen LogP contribution is 2.33. The number of carbonyl (C=O) groups is 2. The van der Waals surface area contributed by atoms with Crippen LogP contribution in [-0.4, -0.2) is 34.5 Å². The third-order valence-corrected chi connectivity index (χ3v) is 7.06. The number of hydrogen-bond acceptors (Lipinski definition) is 6. The number of benzene rings is 2. The maximum absolute atomic E-state index is 14.9. The SMILES string of the molecule is CNC1=CCC2=CN(c3ccc(F)c(NC(=O)Nc4cn(C(C)(C)C)nc4-c4ccc(C#N)cc4)c3)C(=O)C(C)C2=N1. The molecule has 3 heterocycles. The summed E-state index contributed by atoms with van der Waals surface area (Å²) in [7, 11) is 1.78. The molecule has 3 aromatic rings. The number of aliphatic imine (C=N–C) groups is 1. The Labute approximate surface area is 243 Å². The molecule has 0 aliphatic carbocycles. The summed E-state index contributed by atoms with van der Waals surface area (Å²) in [4.78, 5) is 32.4. The highest BCUT2D eigenvalue weighted by molar-refractivity contribution is 6.21. The molecule has 0 spiro atoms. The standard InChI is InChI=1S/C31H31FN8O2/c1-18-27-21(10-13-26(34-5)37-27)16-39(29(18)41)22-11-12-23(32)24(14-22)35-30(42)36-25-17-40(31(2,3)4)38-28(25)20-8-6-19(15-33)7-9-20/h6-9,11-14,16-18,34H,10H2,1-5H3,(H2,35,36,42). The molecule has 2 aliphatic heterocycles. The van der Waals surface area contributed by atoms with Crippen molar-refractivity contribution in [1.82, 2.24) is 15.1 Å². The Morgan fingerprint density at radius 3 is 2.50 bits per heavy atom. The van der Waals surface area contributed by atoms with Crippen molar-refractivity contribution in [2.24, 2.45) is 10.9 Å². The molecule has 0 fully saturated rings. The zero-order chi connectivity index (χ0) is 30.2. The summed E-state index contributed by atoms with van der Waals surface area (Å²) in [6.07, 6.45) is 5.96. The molecule has 5 rings (SSSR count). The summed E-state index contributed by atoms with van der Waals surface area (Å²) in [5, 5.41) is 22.2. The summed E-state index contributed by atoms with van der Waals surface area (Å²) in [5.74, 6) is -0.645. The van der Waals surface area contributed by atoms with Crippen LogP contribution in [0.3, 0.4) is 0 Å². The van der Waals surface area contributed by atoms with Gasteiger partial charge in [0.25, 0.3) is 0 Å². The number of nitrogens with one attached hydrogen (secondary N) is 3. The van der Waals surface area contributed by atoms with E-state index in [4.69, 9.17) is 5.26 Å². The molecule has 0 radical (unpaired) electrons. The second-order valence-electron chi connectivity index (χ2n) is 11.1. The second-order valence-corrected chi connectivity index (χ2v) is 11.1. The van der Waals surface area contributed by atoms with Crippen LogP contribution in [0.1, 0.15) is 39.7 Å². The van der Waals surface area contributed by atoms with Crippen LogP contribution in [0.15, 0.2) is 77.3 Å². The highest BCUT2D eigenvalue weighted by Gasteiger charge is 2.34. The Kier molecular flexibility index (Phi) is 7.39. The molecular weight excluding hydrogens is 535 g/mol. The monoisotopic (exact) mass is 566 g/mol. The normalized spacial score (nSPS) is 16.5. The Morgan fingerprint density at radius 2 is 1.83 bits per heavy atom. The molecule has 1 atom stereocenters. The van der Waals surface area contributed by atoms with E-state index in [1.807, 2.05) is 26.8 Å². The quantitative estimate of drug-likeness (QED) is 0.363.